The Bertz CT molecular complexity index is 511. The van der Waals surface area contributed by atoms with Crippen molar-refractivity contribution in [3.8, 4) is 11.5 Å². The zero-order valence-corrected chi connectivity index (χ0v) is 11.3. The Labute approximate surface area is 114 Å². The van der Waals surface area contributed by atoms with Crippen LogP contribution in [0.2, 0.25) is 0 Å². The maximum absolute atomic E-state index is 5.68. The fourth-order valence-electron chi connectivity index (χ4n) is 1.92. The summed E-state index contributed by atoms with van der Waals surface area (Å²) in [6.07, 6.45) is 0. The molecule has 0 spiro atoms. The van der Waals surface area contributed by atoms with Crippen molar-refractivity contribution in [2.45, 2.75) is 13.5 Å². The molecule has 19 heavy (non-hydrogen) atoms. The Morgan fingerprint density at radius 3 is 2.47 bits per heavy atom. The zero-order valence-electron chi connectivity index (χ0n) is 11.3. The van der Waals surface area contributed by atoms with Gasteiger partial charge < -0.3 is 14.8 Å². The maximum Gasteiger partial charge on any atom is 0.166 e. The molecule has 2 rings (SSSR count). The minimum Gasteiger partial charge on any atom is -0.493 e. The molecular formula is C16H19NO2. The van der Waals surface area contributed by atoms with Gasteiger partial charge in [-0.2, -0.15) is 0 Å². The van der Waals surface area contributed by atoms with E-state index in [0.29, 0.717) is 13.2 Å². The molecule has 0 amide bonds. The van der Waals surface area contributed by atoms with Crippen molar-refractivity contribution in [2.75, 3.05) is 19.0 Å². The second kappa shape index (κ2) is 6.69. The second-order valence-electron chi connectivity index (χ2n) is 4.10. The first-order valence-corrected chi connectivity index (χ1v) is 6.42. The molecule has 2 aromatic rings. The van der Waals surface area contributed by atoms with Gasteiger partial charge in [0.05, 0.1) is 13.7 Å². The van der Waals surface area contributed by atoms with E-state index in [9.17, 15) is 0 Å². The molecule has 1 N–H and O–H groups in total. The lowest BCUT2D eigenvalue weighted by Crippen LogP contribution is -2.04. The lowest BCUT2D eigenvalue weighted by atomic mass is 10.1. The molecule has 3 nitrogen and oxygen atoms in total. The molecule has 0 saturated heterocycles. The average molecular weight is 257 g/mol. The Morgan fingerprint density at radius 1 is 1.00 bits per heavy atom. The van der Waals surface area contributed by atoms with E-state index in [4.69, 9.17) is 9.47 Å². The number of para-hydroxylation sites is 2. The van der Waals surface area contributed by atoms with Gasteiger partial charge >= 0.3 is 0 Å². The van der Waals surface area contributed by atoms with Gasteiger partial charge in [0.25, 0.3) is 0 Å². The van der Waals surface area contributed by atoms with E-state index in [2.05, 4.69) is 5.32 Å². The third-order valence-electron chi connectivity index (χ3n) is 2.83. The number of anilines is 1. The molecule has 0 aliphatic carbocycles. The van der Waals surface area contributed by atoms with Crippen LogP contribution in [-0.2, 0) is 6.54 Å². The van der Waals surface area contributed by atoms with Gasteiger partial charge in [-0.25, -0.2) is 0 Å². The summed E-state index contributed by atoms with van der Waals surface area (Å²) in [6.45, 7) is 3.30. The fraction of sp³-hybridized carbons (Fsp3) is 0.250. The highest BCUT2D eigenvalue weighted by atomic mass is 16.5. The molecule has 0 bridgehead atoms. The van der Waals surface area contributed by atoms with Gasteiger partial charge in [-0.3, -0.25) is 0 Å². The molecule has 0 aromatic heterocycles. The third kappa shape index (κ3) is 3.41. The van der Waals surface area contributed by atoms with E-state index in [1.54, 1.807) is 7.11 Å². The number of methoxy groups -OCH3 is 1. The number of hydrogen-bond acceptors (Lipinski definition) is 3. The summed E-state index contributed by atoms with van der Waals surface area (Å²) < 4.78 is 11.0. The van der Waals surface area contributed by atoms with E-state index in [1.807, 2.05) is 55.5 Å². The molecule has 0 radical (unpaired) electrons. The second-order valence-corrected chi connectivity index (χ2v) is 4.10. The van der Waals surface area contributed by atoms with Crippen LogP contribution in [-0.4, -0.2) is 13.7 Å². The maximum atomic E-state index is 5.68. The first-order valence-electron chi connectivity index (χ1n) is 6.42. The van der Waals surface area contributed by atoms with Gasteiger partial charge in [0, 0.05) is 17.8 Å². The summed E-state index contributed by atoms with van der Waals surface area (Å²) in [4.78, 5) is 0. The minimum atomic E-state index is 0.624. The Balaban J connectivity index is 2.15. The number of hydrogen-bond donors (Lipinski definition) is 1. The number of benzene rings is 2. The summed E-state index contributed by atoms with van der Waals surface area (Å²) in [5, 5.41) is 3.38. The van der Waals surface area contributed by atoms with Crippen molar-refractivity contribution >= 4 is 5.69 Å². The van der Waals surface area contributed by atoms with E-state index in [1.165, 1.54) is 0 Å². The number of ether oxygens (including phenoxy) is 2. The first kappa shape index (κ1) is 13.3. The third-order valence-corrected chi connectivity index (χ3v) is 2.83. The molecule has 0 heterocycles. The molecule has 100 valence electrons. The minimum absolute atomic E-state index is 0.624. The molecule has 2 aromatic carbocycles. The van der Waals surface area contributed by atoms with Crippen molar-refractivity contribution in [2.24, 2.45) is 0 Å². The Kier molecular flexibility index (Phi) is 4.67. The fourth-order valence-corrected chi connectivity index (χ4v) is 1.92. The molecule has 0 aliphatic rings. The lowest BCUT2D eigenvalue weighted by molar-refractivity contribution is 0.308. The summed E-state index contributed by atoms with van der Waals surface area (Å²) in [7, 11) is 1.66. The normalized spacial score (nSPS) is 10.0. The van der Waals surface area contributed by atoms with E-state index in [0.717, 1.165) is 22.7 Å². The van der Waals surface area contributed by atoms with Crippen LogP contribution >= 0.6 is 0 Å². The highest BCUT2D eigenvalue weighted by Gasteiger charge is 2.09. The molecular weight excluding hydrogens is 238 g/mol. The van der Waals surface area contributed by atoms with Crippen LogP contribution in [0, 0.1) is 0 Å². The van der Waals surface area contributed by atoms with Crippen LogP contribution in [0.3, 0.4) is 0 Å². The predicted octanol–water partition coefficient (Wildman–Crippen LogP) is 3.71. The predicted molar refractivity (Wildman–Crippen MR) is 77.9 cm³/mol. The quantitative estimate of drug-likeness (QED) is 0.855. The molecule has 0 atom stereocenters. The largest absolute Gasteiger partial charge is 0.493 e. The van der Waals surface area contributed by atoms with Gasteiger partial charge in [0.2, 0.25) is 0 Å². The van der Waals surface area contributed by atoms with Crippen molar-refractivity contribution in [1.29, 1.82) is 0 Å². The molecule has 0 saturated carbocycles. The van der Waals surface area contributed by atoms with Crippen LogP contribution in [0.15, 0.2) is 48.5 Å². The van der Waals surface area contributed by atoms with Crippen LogP contribution in [0.4, 0.5) is 5.69 Å². The molecule has 0 unspecified atom stereocenters. The number of nitrogens with one attached hydrogen (secondary N) is 1. The Hall–Kier alpha value is -2.16. The standard InChI is InChI=1S/C16H19NO2/c1-3-19-16-13(8-7-11-15(16)18-2)12-17-14-9-5-4-6-10-14/h4-11,17H,3,12H2,1-2H3. The summed E-state index contributed by atoms with van der Waals surface area (Å²) in [5.74, 6) is 1.59. The summed E-state index contributed by atoms with van der Waals surface area (Å²) >= 11 is 0. The van der Waals surface area contributed by atoms with Crippen LogP contribution in [0.1, 0.15) is 12.5 Å². The van der Waals surface area contributed by atoms with Gasteiger partial charge in [-0.05, 0) is 25.1 Å². The molecule has 0 fully saturated rings. The van der Waals surface area contributed by atoms with Crippen LogP contribution < -0.4 is 14.8 Å². The van der Waals surface area contributed by atoms with Gasteiger partial charge in [0.1, 0.15) is 0 Å². The zero-order chi connectivity index (χ0) is 13.5. The van der Waals surface area contributed by atoms with Gasteiger partial charge in [-0.1, -0.05) is 30.3 Å². The summed E-state index contributed by atoms with van der Waals surface area (Å²) in [5.41, 5.74) is 2.18. The van der Waals surface area contributed by atoms with Crippen LogP contribution in [0.5, 0.6) is 11.5 Å². The summed E-state index contributed by atoms with van der Waals surface area (Å²) in [6, 6.07) is 16.0. The highest BCUT2D eigenvalue weighted by Crippen LogP contribution is 2.31. The topological polar surface area (TPSA) is 30.5 Å². The lowest BCUT2D eigenvalue weighted by Gasteiger charge is -2.15. The van der Waals surface area contributed by atoms with Crippen LogP contribution in [0.25, 0.3) is 0 Å². The van der Waals surface area contributed by atoms with Crippen molar-refractivity contribution in [3.63, 3.8) is 0 Å². The van der Waals surface area contributed by atoms with Gasteiger partial charge in [-0.15, -0.1) is 0 Å². The van der Waals surface area contributed by atoms with Crippen molar-refractivity contribution < 1.29 is 9.47 Å². The highest BCUT2D eigenvalue weighted by molar-refractivity contribution is 5.49. The SMILES string of the molecule is CCOc1c(CNc2ccccc2)cccc1OC. The van der Waals surface area contributed by atoms with E-state index < -0.39 is 0 Å². The smallest absolute Gasteiger partial charge is 0.166 e. The monoisotopic (exact) mass is 257 g/mol. The van der Waals surface area contributed by atoms with E-state index >= 15 is 0 Å². The van der Waals surface area contributed by atoms with Crippen molar-refractivity contribution in [3.05, 3.63) is 54.1 Å². The first-order chi connectivity index (χ1) is 9.35. The molecule has 0 aliphatic heterocycles. The molecule has 3 heteroatoms. The average Bonchev–Trinajstić information content (AvgIpc) is 2.47. The number of rotatable bonds is 6. The van der Waals surface area contributed by atoms with Gasteiger partial charge in [0.15, 0.2) is 11.5 Å². The van der Waals surface area contributed by atoms with Crippen molar-refractivity contribution in [1.82, 2.24) is 0 Å². The Morgan fingerprint density at radius 2 is 1.79 bits per heavy atom. The van der Waals surface area contributed by atoms with E-state index in [-0.39, 0.29) is 0 Å².